The second-order valence-corrected chi connectivity index (χ2v) is 10.4. The lowest BCUT2D eigenvalue weighted by Gasteiger charge is -2.76. The first kappa shape index (κ1) is 17.4. The monoisotopic (exact) mass is 360 g/mol. The largest absolute Gasteiger partial charge is 0.396 e. The summed E-state index contributed by atoms with van der Waals surface area (Å²) in [5.74, 6) is -0.0635. The van der Waals surface area contributed by atoms with Crippen molar-refractivity contribution in [2.75, 3.05) is 13.2 Å². The van der Waals surface area contributed by atoms with Crippen molar-refractivity contribution in [3.05, 3.63) is 23.8 Å². The molecule has 3 saturated carbocycles. The van der Waals surface area contributed by atoms with Gasteiger partial charge in [0, 0.05) is 24.0 Å². The highest BCUT2D eigenvalue weighted by atomic mass is 16.7. The van der Waals surface area contributed by atoms with E-state index in [-0.39, 0.29) is 47.6 Å². The zero-order valence-electron chi connectivity index (χ0n) is 16.3. The molecule has 5 aliphatic carbocycles. The van der Waals surface area contributed by atoms with Gasteiger partial charge < -0.3 is 19.7 Å². The molecule has 6 aliphatic rings. The Balaban J connectivity index is 1.69. The van der Waals surface area contributed by atoms with E-state index in [0.29, 0.717) is 5.92 Å². The standard InChI is InChI=1S/C22H32O4/c1-13-8-14-10-22-16(25-19(2,3)26-18(13)22)9-15-20(4,11-23)6-5-7-21(15,12-24)17(14)22/h8,15-18,23-24H,1,5-7,9-12H2,2-4H3/t15?,16-,17?,18+,20+,21+,22+/m1/s1. The van der Waals surface area contributed by atoms with Gasteiger partial charge in [-0.2, -0.15) is 0 Å². The van der Waals surface area contributed by atoms with E-state index in [4.69, 9.17) is 9.47 Å². The molecule has 0 aromatic carbocycles. The van der Waals surface area contributed by atoms with E-state index in [1.807, 2.05) is 13.8 Å². The number of ether oxygens (including phenoxy) is 2. The van der Waals surface area contributed by atoms with Crippen LogP contribution in [0.4, 0.5) is 0 Å². The van der Waals surface area contributed by atoms with Crippen LogP contribution in [-0.4, -0.2) is 41.4 Å². The average Bonchev–Trinajstić information content (AvgIpc) is 2.57. The van der Waals surface area contributed by atoms with Crippen molar-refractivity contribution in [1.82, 2.24) is 0 Å². The highest BCUT2D eigenvalue weighted by Crippen LogP contribution is 2.77. The van der Waals surface area contributed by atoms with Crippen LogP contribution < -0.4 is 0 Å². The number of rotatable bonds is 2. The molecule has 1 spiro atoms. The van der Waals surface area contributed by atoms with Crippen molar-refractivity contribution in [1.29, 1.82) is 0 Å². The first-order valence-electron chi connectivity index (χ1n) is 10.2. The topological polar surface area (TPSA) is 58.9 Å². The molecule has 4 fully saturated rings. The predicted molar refractivity (Wildman–Crippen MR) is 98.3 cm³/mol. The van der Waals surface area contributed by atoms with Crippen LogP contribution in [0.25, 0.3) is 0 Å². The number of aliphatic hydroxyl groups excluding tert-OH is 2. The molecule has 0 radical (unpaired) electrons. The van der Waals surface area contributed by atoms with Crippen LogP contribution >= 0.6 is 0 Å². The number of hydrogen-bond acceptors (Lipinski definition) is 4. The molecule has 4 heteroatoms. The third-order valence-corrected chi connectivity index (χ3v) is 8.65. The van der Waals surface area contributed by atoms with Crippen LogP contribution in [0.1, 0.15) is 52.9 Å². The molecule has 6 rings (SSSR count). The molecular weight excluding hydrogens is 328 g/mol. The molecule has 7 atom stereocenters. The summed E-state index contributed by atoms with van der Waals surface area (Å²) in [4.78, 5) is 0. The Morgan fingerprint density at radius 2 is 1.92 bits per heavy atom. The number of aliphatic hydroxyl groups is 2. The molecule has 2 N–H and O–H groups in total. The third kappa shape index (κ3) is 1.80. The minimum atomic E-state index is -0.626. The molecule has 1 aliphatic heterocycles. The Morgan fingerprint density at radius 1 is 1.15 bits per heavy atom. The Bertz CT molecular complexity index is 696. The van der Waals surface area contributed by atoms with Gasteiger partial charge >= 0.3 is 0 Å². The molecule has 0 aromatic rings. The maximum Gasteiger partial charge on any atom is 0.164 e. The minimum Gasteiger partial charge on any atom is -0.396 e. The van der Waals surface area contributed by atoms with Crippen molar-refractivity contribution >= 4 is 0 Å². The lowest BCUT2D eigenvalue weighted by molar-refractivity contribution is -0.392. The molecule has 2 unspecified atom stereocenters. The summed E-state index contributed by atoms with van der Waals surface area (Å²) >= 11 is 0. The van der Waals surface area contributed by atoms with Crippen LogP contribution in [0.5, 0.6) is 0 Å². The first-order chi connectivity index (χ1) is 12.2. The average molecular weight is 360 g/mol. The van der Waals surface area contributed by atoms with Gasteiger partial charge in [-0.3, -0.25) is 0 Å². The van der Waals surface area contributed by atoms with Crippen molar-refractivity contribution in [2.24, 2.45) is 28.1 Å². The van der Waals surface area contributed by atoms with Crippen molar-refractivity contribution in [2.45, 2.75) is 70.9 Å². The maximum absolute atomic E-state index is 10.7. The maximum atomic E-state index is 10.7. The van der Waals surface area contributed by atoms with Gasteiger partial charge in [0.15, 0.2) is 5.79 Å². The molecular formula is C22H32O4. The molecule has 0 aromatic heterocycles. The van der Waals surface area contributed by atoms with Crippen molar-refractivity contribution < 1.29 is 19.7 Å². The van der Waals surface area contributed by atoms with Gasteiger partial charge in [0.05, 0.1) is 12.2 Å². The fraction of sp³-hybridized carbons (Fsp3) is 0.818. The SMILES string of the molecule is C=C1C=C2C[C@@]34C2[C@]2(CO)CCC[C@@](C)(CO)C2C[C@H]3OC(C)(C)O[C@@H]14. The van der Waals surface area contributed by atoms with E-state index in [0.717, 1.165) is 37.7 Å². The lowest BCUT2D eigenvalue weighted by Crippen LogP contribution is -2.76. The molecule has 0 amide bonds. The van der Waals surface area contributed by atoms with E-state index < -0.39 is 5.79 Å². The molecule has 2 bridgehead atoms. The van der Waals surface area contributed by atoms with Gasteiger partial charge in [-0.15, -0.1) is 0 Å². The summed E-state index contributed by atoms with van der Waals surface area (Å²) in [5, 5.41) is 21.0. The highest BCUT2D eigenvalue weighted by molar-refractivity contribution is 5.48. The molecule has 1 heterocycles. The Labute approximate surface area is 156 Å². The molecule has 1 saturated heterocycles. The van der Waals surface area contributed by atoms with Crippen molar-refractivity contribution in [3.8, 4) is 0 Å². The van der Waals surface area contributed by atoms with Gasteiger partial charge in [-0.05, 0) is 62.4 Å². The van der Waals surface area contributed by atoms with Crippen LogP contribution in [-0.2, 0) is 9.47 Å². The number of fused-ring (bicyclic) bond motifs is 2. The number of allylic oxidation sites excluding steroid dienone is 1. The number of hydrogen-bond donors (Lipinski definition) is 2. The second-order valence-electron chi connectivity index (χ2n) is 10.4. The molecule has 4 nitrogen and oxygen atoms in total. The summed E-state index contributed by atoms with van der Waals surface area (Å²) in [6, 6.07) is 0. The third-order valence-electron chi connectivity index (χ3n) is 8.65. The Hall–Kier alpha value is -0.680. The fourth-order valence-corrected chi connectivity index (χ4v) is 7.81. The highest BCUT2D eigenvalue weighted by Gasteiger charge is 2.76. The second kappa shape index (κ2) is 5.02. The van der Waals surface area contributed by atoms with E-state index in [9.17, 15) is 10.2 Å². The van der Waals surface area contributed by atoms with Crippen LogP contribution in [0.2, 0.25) is 0 Å². The predicted octanol–water partition coefficient (Wildman–Crippen LogP) is 3.19. The van der Waals surface area contributed by atoms with Gasteiger partial charge in [0.2, 0.25) is 0 Å². The van der Waals surface area contributed by atoms with Gasteiger partial charge in [-0.25, -0.2) is 0 Å². The van der Waals surface area contributed by atoms with Crippen LogP contribution in [0.3, 0.4) is 0 Å². The first-order valence-corrected chi connectivity index (χ1v) is 10.2. The van der Waals surface area contributed by atoms with E-state index in [1.54, 1.807) is 0 Å². The van der Waals surface area contributed by atoms with Gasteiger partial charge in [-0.1, -0.05) is 31.6 Å². The van der Waals surface area contributed by atoms with Crippen molar-refractivity contribution in [3.63, 3.8) is 0 Å². The Kier molecular flexibility index (Phi) is 3.36. The molecule has 26 heavy (non-hydrogen) atoms. The minimum absolute atomic E-state index is 0.0227. The van der Waals surface area contributed by atoms with Gasteiger partial charge in [0.25, 0.3) is 0 Å². The summed E-state index contributed by atoms with van der Waals surface area (Å²) < 4.78 is 12.9. The lowest BCUT2D eigenvalue weighted by atomic mass is 9.32. The van der Waals surface area contributed by atoms with Crippen LogP contribution in [0.15, 0.2) is 23.8 Å². The summed E-state index contributed by atoms with van der Waals surface area (Å²) in [6.45, 7) is 10.9. The normalized spacial score (nSPS) is 53.9. The summed E-state index contributed by atoms with van der Waals surface area (Å²) in [5.41, 5.74) is 2.10. The Morgan fingerprint density at radius 3 is 2.62 bits per heavy atom. The van der Waals surface area contributed by atoms with E-state index in [2.05, 4.69) is 19.6 Å². The summed E-state index contributed by atoms with van der Waals surface area (Å²) in [6.07, 6.45) is 7.34. The van der Waals surface area contributed by atoms with Gasteiger partial charge in [0.1, 0.15) is 0 Å². The smallest absolute Gasteiger partial charge is 0.164 e. The zero-order valence-corrected chi connectivity index (χ0v) is 16.3. The van der Waals surface area contributed by atoms with E-state index >= 15 is 0 Å². The summed E-state index contributed by atoms with van der Waals surface area (Å²) in [7, 11) is 0. The molecule has 144 valence electrons. The quantitative estimate of drug-likeness (QED) is 0.794. The fourth-order valence-electron chi connectivity index (χ4n) is 7.81. The van der Waals surface area contributed by atoms with Crippen LogP contribution in [0, 0.1) is 28.1 Å². The van der Waals surface area contributed by atoms with E-state index in [1.165, 1.54) is 5.57 Å². The zero-order chi connectivity index (χ0) is 18.5.